The van der Waals surface area contributed by atoms with Crippen molar-refractivity contribution in [3.63, 3.8) is 0 Å². The number of H-pyrrole nitrogens is 1. The van der Waals surface area contributed by atoms with Crippen LogP contribution in [0.25, 0.3) is 0 Å². The molecular formula is C12H10Cl2N2O. The number of hydrogen-bond acceptors (Lipinski definition) is 1. The molecule has 0 aliphatic rings. The predicted molar refractivity (Wildman–Crippen MR) is 68.4 cm³/mol. The highest BCUT2D eigenvalue weighted by molar-refractivity contribution is 6.34. The van der Waals surface area contributed by atoms with Crippen LogP contribution in [-0.4, -0.2) is 10.9 Å². The maximum atomic E-state index is 11.6. The van der Waals surface area contributed by atoms with Gasteiger partial charge in [-0.3, -0.25) is 4.79 Å². The molecule has 1 heterocycles. The van der Waals surface area contributed by atoms with Crippen LogP contribution in [0.3, 0.4) is 0 Å². The maximum Gasteiger partial charge on any atom is 0.267 e. The number of aromatic nitrogens is 1. The molecule has 0 radical (unpaired) electrons. The highest BCUT2D eigenvalue weighted by Gasteiger charge is 2.05. The van der Waals surface area contributed by atoms with Gasteiger partial charge in [0.1, 0.15) is 5.69 Å². The highest BCUT2D eigenvalue weighted by Crippen LogP contribution is 2.18. The molecule has 88 valence electrons. The Hall–Kier alpha value is -1.45. The lowest BCUT2D eigenvalue weighted by atomic mass is 10.2. The lowest BCUT2D eigenvalue weighted by molar-refractivity contribution is 0.0946. The molecule has 0 aliphatic heterocycles. The van der Waals surface area contributed by atoms with Crippen molar-refractivity contribution in [1.82, 2.24) is 10.3 Å². The number of amides is 1. The largest absolute Gasteiger partial charge is 0.357 e. The van der Waals surface area contributed by atoms with Crippen molar-refractivity contribution in [2.75, 3.05) is 0 Å². The second-order valence-electron chi connectivity index (χ2n) is 3.54. The summed E-state index contributed by atoms with van der Waals surface area (Å²) < 4.78 is 0. The van der Waals surface area contributed by atoms with Crippen molar-refractivity contribution in [1.29, 1.82) is 0 Å². The van der Waals surface area contributed by atoms with Crippen molar-refractivity contribution in [2.45, 2.75) is 6.54 Å². The Kier molecular flexibility index (Phi) is 3.71. The van der Waals surface area contributed by atoms with E-state index in [0.29, 0.717) is 22.3 Å². The van der Waals surface area contributed by atoms with Gasteiger partial charge in [-0.1, -0.05) is 23.2 Å². The minimum absolute atomic E-state index is 0.161. The molecule has 2 N–H and O–H groups in total. The Balaban J connectivity index is 2.00. The molecular weight excluding hydrogens is 259 g/mol. The van der Waals surface area contributed by atoms with E-state index in [1.807, 2.05) is 0 Å². The first kappa shape index (κ1) is 12.0. The van der Waals surface area contributed by atoms with Crippen LogP contribution in [0.1, 0.15) is 16.1 Å². The lowest BCUT2D eigenvalue weighted by Crippen LogP contribution is -2.23. The Morgan fingerprint density at radius 1 is 1.24 bits per heavy atom. The standard InChI is InChI=1S/C12H10Cl2N2O/c13-9-4-8(5-10(14)6-9)7-16-12(17)11-2-1-3-15-11/h1-6,15H,7H2,(H,16,17). The van der Waals surface area contributed by atoms with Gasteiger partial charge in [0.2, 0.25) is 0 Å². The van der Waals surface area contributed by atoms with Crippen molar-refractivity contribution in [2.24, 2.45) is 0 Å². The zero-order valence-electron chi connectivity index (χ0n) is 8.84. The van der Waals surface area contributed by atoms with E-state index in [0.717, 1.165) is 5.56 Å². The molecule has 17 heavy (non-hydrogen) atoms. The Bertz CT molecular complexity index is 503. The van der Waals surface area contributed by atoms with Crippen molar-refractivity contribution in [3.05, 3.63) is 57.8 Å². The Morgan fingerprint density at radius 3 is 2.53 bits per heavy atom. The molecule has 0 aliphatic carbocycles. The number of rotatable bonds is 3. The third-order valence-corrected chi connectivity index (χ3v) is 2.65. The van der Waals surface area contributed by atoms with E-state index in [4.69, 9.17) is 23.2 Å². The summed E-state index contributed by atoms with van der Waals surface area (Å²) in [6.45, 7) is 0.387. The summed E-state index contributed by atoms with van der Waals surface area (Å²) in [6, 6.07) is 8.66. The highest BCUT2D eigenvalue weighted by atomic mass is 35.5. The molecule has 5 heteroatoms. The maximum absolute atomic E-state index is 11.6. The molecule has 0 bridgehead atoms. The van der Waals surface area contributed by atoms with E-state index in [-0.39, 0.29) is 5.91 Å². The molecule has 0 atom stereocenters. The third kappa shape index (κ3) is 3.25. The fourth-order valence-corrected chi connectivity index (χ4v) is 2.03. The zero-order valence-corrected chi connectivity index (χ0v) is 10.3. The molecule has 1 aromatic carbocycles. The first-order chi connectivity index (χ1) is 8.15. The van der Waals surface area contributed by atoms with Gasteiger partial charge in [-0.15, -0.1) is 0 Å². The molecule has 2 aromatic rings. The molecule has 1 amide bonds. The van der Waals surface area contributed by atoms with E-state index >= 15 is 0 Å². The molecule has 3 nitrogen and oxygen atoms in total. The number of halogens is 2. The summed E-state index contributed by atoms with van der Waals surface area (Å²) in [5.74, 6) is -0.161. The second kappa shape index (κ2) is 5.25. The predicted octanol–water partition coefficient (Wildman–Crippen LogP) is 3.25. The first-order valence-electron chi connectivity index (χ1n) is 5.02. The number of carbonyl (C=O) groups excluding carboxylic acids is 1. The second-order valence-corrected chi connectivity index (χ2v) is 4.42. The quantitative estimate of drug-likeness (QED) is 0.882. The zero-order chi connectivity index (χ0) is 12.3. The minimum atomic E-state index is -0.161. The molecule has 0 saturated heterocycles. The van der Waals surface area contributed by atoms with Gasteiger partial charge in [-0.05, 0) is 35.9 Å². The molecule has 2 rings (SSSR count). The van der Waals surface area contributed by atoms with Crippen LogP contribution in [0.15, 0.2) is 36.5 Å². The Morgan fingerprint density at radius 2 is 1.94 bits per heavy atom. The number of carbonyl (C=O) groups is 1. The van der Waals surface area contributed by atoms with Crippen molar-refractivity contribution < 1.29 is 4.79 Å². The fraction of sp³-hybridized carbons (Fsp3) is 0.0833. The average Bonchev–Trinajstić information content (AvgIpc) is 2.78. The number of nitrogens with one attached hydrogen (secondary N) is 2. The number of benzene rings is 1. The Labute approximate surface area is 109 Å². The van der Waals surface area contributed by atoms with E-state index in [9.17, 15) is 4.79 Å². The SMILES string of the molecule is O=C(NCc1cc(Cl)cc(Cl)c1)c1ccc[nH]1. The van der Waals surface area contributed by atoms with Crippen LogP contribution in [0.5, 0.6) is 0 Å². The van der Waals surface area contributed by atoms with Crippen molar-refractivity contribution >= 4 is 29.1 Å². The van der Waals surface area contributed by atoms with E-state index < -0.39 is 0 Å². The summed E-state index contributed by atoms with van der Waals surface area (Å²) in [5, 5.41) is 3.88. The van der Waals surface area contributed by atoms with Gasteiger partial charge in [0.25, 0.3) is 5.91 Å². The van der Waals surface area contributed by atoms with Gasteiger partial charge in [-0.25, -0.2) is 0 Å². The average molecular weight is 269 g/mol. The molecule has 0 spiro atoms. The summed E-state index contributed by atoms with van der Waals surface area (Å²) in [7, 11) is 0. The van der Waals surface area contributed by atoms with Gasteiger partial charge in [0.05, 0.1) is 0 Å². The van der Waals surface area contributed by atoms with E-state index in [1.165, 1.54) is 0 Å². The smallest absolute Gasteiger partial charge is 0.267 e. The van der Waals surface area contributed by atoms with E-state index in [2.05, 4.69) is 10.3 Å². The van der Waals surface area contributed by atoms with Gasteiger partial charge in [0.15, 0.2) is 0 Å². The summed E-state index contributed by atoms with van der Waals surface area (Å²) in [4.78, 5) is 14.5. The summed E-state index contributed by atoms with van der Waals surface area (Å²) >= 11 is 11.7. The van der Waals surface area contributed by atoms with Gasteiger partial charge < -0.3 is 10.3 Å². The van der Waals surface area contributed by atoms with Crippen LogP contribution in [-0.2, 0) is 6.54 Å². The van der Waals surface area contributed by atoms with Crippen LogP contribution in [0.4, 0.5) is 0 Å². The number of hydrogen-bond donors (Lipinski definition) is 2. The van der Waals surface area contributed by atoms with Crippen LogP contribution in [0, 0.1) is 0 Å². The minimum Gasteiger partial charge on any atom is -0.357 e. The topological polar surface area (TPSA) is 44.9 Å². The summed E-state index contributed by atoms with van der Waals surface area (Å²) in [6.07, 6.45) is 1.70. The van der Waals surface area contributed by atoms with Crippen LogP contribution in [0.2, 0.25) is 10.0 Å². The fourth-order valence-electron chi connectivity index (χ4n) is 1.46. The summed E-state index contributed by atoms with van der Waals surface area (Å²) in [5.41, 5.74) is 1.39. The number of aromatic amines is 1. The normalized spacial score (nSPS) is 10.2. The van der Waals surface area contributed by atoms with Crippen molar-refractivity contribution in [3.8, 4) is 0 Å². The first-order valence-corrected chi connectivity index (χ1v) is 5.77. The molecule has 0 saturated carbocycles. The lowest BCUT2D eigenvalue weighted by Gasteiger charge is -2.05. The monoisotopic (exact) mass is 268 g/mol. The van der Waals surface area contributed by atoms with Gasteiger partial charge >= 0.3 is 0 Å². The van der Waals surface area contributed by atoms with Crippen LogP contribution >= 0.6 is 23.2 Å². The third-order valence-electron chi connectivity index (χ3n) is 2.22. The van der Waals surface area contributed by atoms with E-state index in [1.54, 1.807) is 36.5 Å². The molecule has 0 unspecified atom stereocenters. The van der Waals surface area contributed by atoms with Crippen LogP contribution < -0.4 is 5.32 Å². The molecule has 0 fully saturated rings. The molecule has 1 aromatic heterocycles. The van der Waals surface area contributed by atoms with Gasteiger partial charge in [-0.2, -0.15) is 0 Å². The van der Waals surface area contributed by atoms with Gasteiger partial charge in [0, 0.05) is 22.8 Å².